The van der Waals surface area contributed by atoms with Gasteiger partial charge in [-0.1, -0.05) is 86.1 Å². The number of alkyl carbamates (subject to hydrolysis) is 1. The van der Waals surface area contributed by atoms with Crippen molar-refractivity contribution in [3.63, 3.8) is 0 Å². The summed E-state index contributed by atoms with van der Waals surface area (Å²) in [4.78, 5) is 53.5. The second kappa shape index (κ2) is 17.2. The average Bonchev–Trinajstić information content (AvgIpc) is 2.98. The number of nitrogens with zero attached hydrogens (tertiary/aromatic N) is 1. The highest BCUT2D eigenvalue weighted by Gasteiger charge is 2.32. The van der Waals surface area contributed by atoms with Gasteiger partial charge in [0.25, 0.3) is 0 Å². The number of nitrogens with one attached hydrogen (secondary N) is 1. The molecule has 3 aromatic carbocycles. The van der Waals surface area contributed by atoms with Crippen LogP contribution < -0.4 is 11.1 Å². The normalized spacial score (nSPS) is 12.6. The first kappa shape index (κ1) is 35.1. The van der Waals surface area contributed by atoms with Gasteiger partial charge in [-0.25, -0.2) is 4.79 Å². The molecule has 0 aliphatic heterocycles. The van der Waals surface area contributed by atoms with Crippen LogP contribution in [0.3, 0.4) is 0 Å². The molecule has 3 N–H and O–H groups in total. The zero-order valence-corrected chi connectivity index (χ0v) is 26.9. The monoisotopic (exact) mass is 617 g/mol. The van der Waals surface area contributed by atoms with Gasteiger partial charge >= 0.3 is 12.1 Å². The van der Waals surface area contributed by atoms with E-state index in [9.17, 15) is 19.2 Å². The van der Waals surface area contributed by atoms with Gasteiger partial charge in [0.05, 0.1) is 0 Å². The van der Waals surface area contributed by atoms with E-state index in [1.54, 1.807) is 25.7 Å². The quantitative estimate of drug-likeness (QED) is 0.188. The standard InChI is InChI=1S/C36H47N3O6/c1-5-6-21-39(30(24-32(37)40)23-27-19-20-28-15-10-11-16-29(28)22-27)34(42)31(38-35(43)45-36(2,3)4)17-12-18-33(41)44-25-26-13-8-7-9-14-26/h7-11,13-16,19-20,22,30-31H,5-6,12,17-18,21,23-25H2,1-4H3,(H2,37,40)(H,38,43)/t30-,31-/m0/s1. The molecule has 0 radical (unpaired) electrons. The van der Waals surface area contributed by atoms with E-state index >= 15 is 0 Å². The molecule has 0 heterocycles. The zero-order valence-electron chi connectivity index (χ0n) is 26.9. The molecule has 3 amide bonds. The minimum atomic E-state index is -0.981. The minimum Gasteiger partial charge on any atom is -0.461 e. The summed E-state index contributed by atoms with van der Waals surface area (Å²) in [6, 6.07) is 21.9. The van der Waals surface area contributed by atoms with Crippen LogP contribution in [0.4, 0.5) is 4.79 Å². The Hall–Kier alpha value is -4.40. The smallest absolute Gasteiger partial charge is 0.408 e. The number of hydrogen-bond donors (Lipinski definition) is 2. The van der Waals surface area contributed by atoms with Gasteiger partial charge in [-0.05, 0) is 68.4 Å². The molecule has 0 saturated heterocycles. The molecule has 0 saturated carbocycles. The van der Waals surface area contributed by atoms with Crippen molar-refractivity contribution in [2.75, 3.05) is 6.54 Å². The zero-order chi connectivity index (χ0) is 32.8. The molecule has 3 aromatic rings. The Morgan fingerprint density at radius 3 is 2.24 bits per heavy atom. The highest BCUT2D eigenvalue weighted by atomic mass is 16.6. The summed E-state index contributed by atoms with van der Waals surface area (Å²) in [6.07, 6.45) is 1.71. The number of benzene rings is 3. The van der Waals surface area contributed by atoms with Crippen LogP contribution in [0.5, 0.6) is 0 Å². The molecular formula is C36H47N3O6. The van der Waals surface area contributed by atoms with E-state index in [1.165, 1.54) is 0 Å². The molecule has 0 fully saturated rings. The largest absolute Gasteiger partial charge is 0.461 e. The predicted molar refractivity (Wildman–Crippen MR) is 175 cm³/mol. The van der Waals surface area contributed by atoms with Gasteiger partial charge in [-0.15, -0.1) is 0 Å². The predicted octanol–water partition coefficient (Wildman–Crippen LogP) is 6.06. The van der Waals surface area contributed by atoms with Crippen LogP contribution in [-0.2, 0) is 36.9 Å². The van der Waals surface area contributed by atoms with Crippen LogP contribution in [0.25, 0.3) is 10.8 Å². The second-order valence-electron chi connectivity index (χ2n) is 12.3. The molecule has 0 aromatic heterocycles. The van der Waals surface area contributed by atoms with Crippen molar-refractivity contribution in [2.45, 2.75) is 96.9 Å². The average molecular weight is 618 g/mol. The first-order valence-corrected chi connectivity index (χ1v) is 15.7. The van der Waals surface area contributed by atoms with E-state index in [0.717, 1.165) is 28.3 Å². The van der Waals surface area contributed by atoms with E-state index in [4.69, 9.17) is 15.2 Å². The van der Waals surface area contributed by atoms with Crippen LogP contribution in [0.1, 0.15) is 77.3 Å². The molecule has 0 spiro atoms. The van der Waals surface area contributed by atoms with E-state index in [-0.39, 0.29) is 31.8 Å². The molecule has 0 aliphatic carbocycles. The van der Waals surface area contributed by atoms with E-state index in [2.05, 4.69) is 11.4 Å². The Morgan fingerprint density at radius 2 is 1.58 bits per heavy atom. The summed E-state index contributed by atoms with van der Waals surface area (Å²) in [6.45, 7) is 7.79. The Labute approximate surface area is 266 Å². The number of esters is 1. The number of carbonyl (C=O) groups excluding carboxylic acids is 4. The molecule has 3 rings (SSSR count). The Balaban J connectivity index is 1.80. The highest BCUT2D eigenvalue weighted by molar-refractivity contribution is 5.87. The lowest BCUT2D eigenvalue weighted by Gasteiger charge is -2.35. The third-order valence-corrected chi connectivity index (χ3v) is 7.30. The first-order valence-electron chi connectivity index (χ1n) is 15.7. The van der Waals surface area contributed by atoms with Crippen molar-refractivity contribution in [3.8, 4) is 0 Å². The SMILES string of the molecule is CCCCN(C(=O)[C@H](CCCC(=O)OCc1ccccc1)NC(=O)OC(C)(C)C)[C@H](CC(N)=O)Cc1ccc2ccccc2c1. The lowest BCUT2D eigenvalue weighted by Crippen LogP contribution is -2.54. The molecule has 0 aliphatic rings. The van der Waals surface area contributed by atoms with Gasteiger partial charge in [0.1, 0.15) is 18.2 Å². The number of fused-ring (bicyclic) bond motifs is 1. The van der Waals surface area contributed by atoms with Crippen molar-refractivity contribution in [3.05, 3.63) is 83.9 Å². The lowest BCUT2D eigenvalue weighted by molar-refractivity contribution is -0.145. The summed E-state index contributed by atoms with van der Waals surface area (Å²) in [7, 11) is 0. The molecule has 242 valence electrons. The Bertz CT molecular complexity index is 1420. The van der Waals surface area contributed by atoms with Gasteiger partial charge in [0.2, 0.25) is 11.8 Å². The highest BCUT2D eigenvalue weighted by Crippen LogP contribution is 2.21. The van der Waals surface area contributed by atoms with Gasteiger partial charge < -0.3 is 25.4 Å². The van der Waals surface area contributed by atoms with Crippen molar-refractivity contribution < 1.29 is 28.7 Å². The minimum absolute atomic E-state index is 0.0345. The summed E-state index contributed by atoms with van der Waals surface area (Å²) in [5, 5.41) is 4.89. The van der Waals surface area contributed by atoms with Crippen molar-refractivity contribution in [1.82, 2.24) is 10.2 Å². The molecule has 9 nitrogen and oxygen atoms in total. The van der Waals surface area contributed by atoms with Gasteiger partial charge in [0, 0.05) is 25.4 Å². The lowest BCUT2D eigenvalue weighted by atomic mass is 9.97. The maximum Gasteiger partial charge on any atom is 0.408 e. The van der Waals surface area contributed by atoms with Crippen molar-refractivity contribution >= 4 is 34.6 Å². The van der Waals surface area contributed by atoms with Crippen LogP contribution in [0, 0.1) is 0 Å². The molecular weight excluding hydrogens is 570 g/mol. The summed E-state index contributed by atoms with van der Waals surface area (Å²) in [5.74, 6) is -1.26. The maximum absolute atomic E-state index is 14.2. The Morgan fingerprint density at radius 1 is 0.889 bits per heavy atom. The van der Waals surface area contributed by atoms with Crippen molar-refractivity contribution in [1.29, 1.82) is 0 Å². The van der Waals surface area contributed by atoms with Crippen molar-refractivity contribution in [2.24, 2.45) is 5.73 Å². The maximum atomic E-state index is 14.2. The van der Waals surface area contributed by atoms with Gasteiger partial charge in [0.15, 0.2) is 0 Å². The second-order valence-corrected chi connectivity index (χ2v) is 12.3. The number of carbonyl (C=O) groups is 4. The molecule has 9 heteroatoms. The third-order valence-electron chi connectivity index (χ3n) is 7.30. The van der Waals surface area contributed by atoms with Crippen LogP contribution in [0.2, 0.25) is 0 Å². The number of nitrogens with two attached hydrogens (primary N) is 1. The fraction of sp³-hybridized carbons (Fsp3) is 0.444. The number of amides is 3. The number of ether oxygens (including phenoxy) is 2. The van der Waals surface area contributed by atoms with Gasteiger partial charge in [-0.2, -0.15) is 0 Å². The first-order chi connectivity index (χ1) is 21.4. The fourth-order valence-electron chi connectivity index (χ4n) is 5.13. The number of hydrogen-bond acceptors (Lipinski definition) is 6. The fourth-order valence-corrected chi connectivity index (χ4v) is 5.13. The van der Waals surface area contributed by atoms with E-state index in [1.807, 2.05) is 73.7 Å². The third kappa shape index (κ3) is 12.3. The van der Waals surface area contributed by atoms with Crippen LogP contribution >= 0.6 is 0 Å². The summed E-state index contributed by atoms with van der Waals surface area (Å²) in [5.41, 5.74) is 6.77. The Kier molecular flexibility index (Phi) is 13.4. The van der Waals surface area contributed by atoms with Crippen LogP contribution in [0.15, 0.2) is 72.8 Å². The molecule has 2 atom stereocenters. The summed E-state index contributed by atoms with van der Waals surface area (Å²) < 4.78 is 10.9. The van der Waals surface area contributed by atoms with Crippen LogP contribution in [-0.4, -0.2) is 53.0 Å². The molecule has 0 unspecified atom stereocenters. The number of primary amides is 1. The summed E-state index contributed by atoms with van der Waals surface area (Å²) >= 11 is 0. The topological polar surface area (TPSA) is 128 Å². The van der Waals surface area contributed by atoms with E-state index < -0.39 is 35.7 Å². The van der Waals surface area contributed by atoms with E-state index in [0.29, 0.717) is 25.8 Å². The van der Waals surface area contributed by atoms with Gasteiger partial charge in [-0.3, -0.25) is 14.4 Å². The number of rotatable bonds is 16. The molecule has 45 heavy (non-hydrogen) atoms. The molecule has 0 bridgehead atoms. The number of unbranched alkanes of at least 4 members (excludes halogenated alkanes) is 1.